The normalized spacial score (nSPS) is 29.3. The van der Waals surface area contributed by atoms with Crippen molar-refractivity contribution in [2.75, 3.05) is 6.54 Å². The van der Waals surface area contributed by atoms with Crippen molar-refractivity contribution in [3.05, 3.63) is 0 Å². The van der Waals surface area contributed by atoms with Gasteiger partial charge in [0.2, 0.25) is 0 Å². The number of hydrogen-bond donors (Lipinski definition) is 0. The van der Waals surface area contributed by atoms with E-state index in [0.29, 0.717) is 13.0 Å². The number of carbonyl (C=O) groups is 2. The molecule has 0 aliphatic carbocycles. The molecule has 0 spiro atoms. The molecule has 0 saturated carbocycles. The molecule has 2 bridgehead atoms. The van der Waals surface area contributed by atoms with Gasteiger partial charge in [-0.3, -0.25) is 4.90 Å². The van der Waals surface area contributed by atoms with E-state index < -0.39 is 17.7 Å². The highest BCUT2D eigenvalue weighted by Gasteiger charge is 2.49. The summed E-state index contributed by atoms with van der Waals surface area (Å²) in [4.78, 5) is 24.4. The Kier molecular flexibility index (Phi) is 2.13. The molecule has 15 heavy (non-hydrogen) atoms. The zero-order valence-electron chi connectivity index (χ0n) is 9.15. The van der Waals surface area contributed by atoms with Crippen LogP contribution < -0.4 is 0 Å². The Morgan fingerprint density at radius 2 is 2.20 bits per heavy atom. The maximum atomic E-state index is 11.7. The van der Waals surface area contributed by atoms with Crippen LogP contribution in [0.2, 0.25) is 0 Å². The minimum absolute atomic E-state index is 0.130. The van der Waals surface area contributed by atoms with Gasteiger partial charge in [-0.15, -0.1) is 0 Å². The first-order valence-electron chi connectivity index (χ1n) is 5.07. The van der Waals surface area contributed by atoms with E-state index in [9.17, 15) is 9.59 Å². The number of morpholine rings is 1. The monoisotopic (exact) mass is 213 g/mol. The Morgan fingerprint density at radius 1 is 1.53 bits per heavy atom. The van der Waals surface area contributed by atoms with E-state index in [-0.39, 0.29) is 12.1 Å². The first kappa shape index (κ1) is 10.3. The van der Waals surface area contributed by atoms with Gasteiger partial charge in [-0.1, -0.05) is 0 Å². The van der Waals surface area contributed by atoms with Gasteiger partial charge >= 0.3 is 12.1 Å². The van der Waals surface area contributed by atoms with Crippen molar-refractivity contribution in [2.24, 2.45) is 0 Å². The van der Waals surface area contributed by atoms with Crippen molar-refractivity contribution in [1.82, 2.24) is 4.90 Å². The lowest BCUT2D eigenvalue weighted by molar-refractivity contribution is -0.150. The molecule has 2 unspecified atom stereocenters. The molecule has 2 heterocycles. The number of hydrogen-bond acceptors (Lipinski definition) is 4. The molecule has 0 aromatic carbocycles. The predicted octanol–water partition coefficient (Wildman–Crippen LogP) is 0.921. The number of nitrogens with zero attached hydrogens (tertiary/aromatic N) is 1. The minimum atomic E-state index is -0.525. The summed E-state index contributed by atoms with van der Waals surface area (Å²) in [5.41, 5.74) is -0.525. The highest BCUT2D eigenvalue weighted by molar-refractivity contribution is 5.84. The van der Waals surface area contributed by atoms with Crippen molar-refractivity contribution >= 4 is 12.1 Å². The fourth-order valence-corrected chi connectivity index (χ4v) is 1.87. The summed E-state index contributed by atoms with van der Waals surface area (Å²) in [6, 6.07) is -0.426. The van der Waals surface area contributed by atoms with E-state index in [4.69, 9.17) is 9.47 Å². The van der Waals surface area contributed by atoms with Gasteiger partial charge in [-0.2, -0.15) is 0 Å². The number of fused-ring (bicyclic) bond motifs is 2. The summed E-state index contributed by atoms with van der Waals surface area (Å²) in [5, 5.41) is 0. The number of esters is 1. The van der Waals surface area contributed by atoms with E-state index in [1.807, 2.05) is 0 Å². The van der Waals surface area contributed by atoms with Crippen LogP contribution in [0.25, 0.3) is 0 Å². The summed E-state index contributed by atoms with van der Waals surface area (Å²) in [6.45, 7) is 5.87. The standard InChI is InChI=1S/C10H15NO4/c1-10(2,3)15-9(13)11-5-6-4-7(11)8(12)14-6/h6-7H,4-5H2,1-3H3. The molecular formula is C10H15NO4. The summed E-state index contributed by atoms with van der Waals surface area (Å²) in [7, 11) is 0. The molecule has 2 rings (SSSR count). The van der Waals surface area contributed by atoms with Gasteiger partial charge in [0.15, 0.2) is 0 Å². The van der Waals surface area contributed by atoms with Crippen LogP contribution >= 0.6 is 0 Å². The average molecular weight is 213 g/mol. The van der Waals surface area contributed by atoms with E-state index >= 15 is 0 Å². The molecule has 2 atom stereocenters. The second kappa shape index (κ2) is 3.12. The summed E-state index contributed by atoms with van der Waals surface area (Å²) in [6.07, 6.45) is 0.0552. The van der Waals surface area contributed by atoms with Crippen molar-refractivity contribution < 1.29 is 19.1 Å². The summed E-state index contributed by atoms with van der Waals surface area (Å²) in [5.74, 6) is -0.308. The second-order valence-corrected chi connectivity index (χ2v) is 4.94. The minimum Gasteiger partial charge on any atom is -0.459 e. The van der Waals surface area contributed by atoms with E-state index in [2.05, 4.69) is 0 Å². The molecule has 0 radical (unpaired) electrons. The van der Waals surface area contributed by atoms with Gasteiger partial charge in [-0.05, 0) is 20.8 Å². The Bertz CT molecular complexity index is 307. The van der Waals surface area contributed by atoms with Gasteiger partial charge in [0.05, 0.1) is 6.54 Å². The fraction of sp³-hybridized carbons (Fsp3) is 0.800. The molecule has 5 heteroatoms. The van der Waals surface area contributed by atoms with E-state index in [1.165, 1.54) is 4.90 Å². The quantitative estimate of drug-likeness (QED) is 0.561. The van der Waals surface area contributed by atoms with Crippen LogP contribution in [0.5, 0.6) is 0 Å². The third kappa shape index (κ3) is 1.91. The lowest BCUT2D eigenvalue weighted by Crippen LogP contribution is -2.46. The van der Waals surface area contributed by atoms with Gasteiger partial charge < -0.3 is 9.47 Å². The van der Waals surface area contributed by atoms with Crippen molar-refractivity contribution in [3.63, 3.8) is 0 Å². The SMILES string of the molecule is CC(C)(C)OC(=O)N1CC2CC1C(=O)O2. The fourth-order valence-electron chi connectivity index (χ4n) is 1.87. The maximum absolute atomic E-state index is 11.7. The molecule has 0 aromatic heterocycles. The molecule has 2 aliphatic rings. The number of ether oxygens (including phenoxy) is 2. The topological polar surface area (TPSA) is 55.8 Å². The number of carbonyl (C=O) groups excluding carboxylic acids is 2. The summed E-state index contributed by atoms with van der Waals surface area (Å²) < 4.78 is 10.2. The number of amides is 1. The Morgan fingerprint density at radius 3 is 2.67 bits per heavy atom. The lowest BCUT2D eigenvalue weighted by atomic mass is 10.2. The van der Waals surface area contributed by atoms with Crippen LogP contribution in [0.4, 0.5) is 4.79 Å². The van der Waals surface area contributed by atoms with Gasteiger partial charge in [-0.25, -0.2) is 9.59 Å². The molecule has 5 nitrogen and oxygen atoms in total. The van der Waals surface area contributed by atoms with Crippen molar-refractivity contribution in [1.29, 1.82) is 0 Å². The van der Waals surface area contributed by atoms with Crippen molar-refractivity contribution in [3.8, 4) is 0 Å². The van der Waals surface area contributed by atoms with Crippen LogP contribution in [-0.2, 0) is 14.3 Å². The first-order chi connectivity index (χ1) is 6.87. The zero-order valence-corrected chi connectivity index (χ0v) is 9.15. The van der Waals surface area contributed by atoms with Gasteiger partial charge in [0.25, 0.3) is 0 Å². The molecular weight excluding hydrogens is 198 g/mol. The first-order valence-corrected chi connectivity index (χ1v) is 5.07. The molecule has 0 aromatic rings. The second-order valence-electron chi connectivity index (χ2n) is 4.94. The molecule has 2 saturated heterocycles. The molecule has 84 valence electrons. The van der Waals surface area contributed by atoms with Crippen LogP contribution in [0.3, 0.4) is 0 Å². The predicted molar refractivity (Wildman–Crippen MR) is 51.2 cm³/mol. The highest BCUT2D eigenvalue weighted by Crippen LogP contribution is 2.30. The van der Waals surface area contributed by atoms with Crippen LogP contribution in [0, 0.1) is 0 Å². The Hall–Kier alpha value is -1.26. The molecule has 1 amide bonds. The average Bonchev–Trinajstić information content (AvgIpc) is 2.58. The largest absolute Gasteiger partial charge is 0.459 e. The van der Waals surface area contributed by atoms with Gasteiger partial charge in [0, 0.05) is 6.42 Å². The highest BCUT2D eigenvalue weighted by atomic mass is 16.6. The third-order valence-corrected chi connectivity index (χ3v) is 2.45. The molecule has 0 N–H and O–H groups in total. The molecule has 2 fully saturated rings. The van der Waals surface area contributed by atoms with Crippen LogP contribution in [0.15, 0.2) is 0 Å². The number of rotatable bonds is 0. The Balaban J connectivity index is 2.01. The third-order valence-electron chi connectivity index (χ3n) is 2.45. The Labute approximate surface area is 88.3 Å². The maximum Gasteiger partial charge on any atom is 0.411 e. The smallest absolute Gasteiger partial charge is 0.411 e. The summed E-state index contributed by atoms with van der Waals surface area (Å²) >= 11 is 0. The van der Waals surface area contributed by atoms with E-state index in [0.717, 1.165) is 0 Å². The molecule has 2 aliphatic heterocycles. The zero-order chi connectivity index (χ0) is 11.2. The lowest BCUT2D eigenvalue weighted by Gasteiger charge is -2.29. The van der Waals surface area contributed by atoms with Crippen molar-refractivity contribution in [2.45, 2.75) is 44.9 Å². The van der Waals surface area contributed by atoms with E-state index in [1.54, 1.807) is 20.8 Å². The van der Waals surface area contributed by atoms with Crippen LogP contribution in [0.1, 0.15) is 27.2 Å². The number of likely N-dealkylation sites (tertiary alicyclic amines) is 1. The van der Waals surface area contributed by atoms with Gasteiger partial charge in [0.1, 0.15) is 17.7 Å². The van der Waals surface area contributed by atoms with Crippen LogP contribution in [-0.4, -0.2) is 41.3 Å².